The number of nitrogens with zero attached hydrogens (tertiary/aromatic N) is 3. The maximum atomic E-state index is 13.1. The molecule has 2 N–H and O–H groups in total. The molecule has 2 aromatic heterocycles. The lowest BCUT2D eigenvalue weighted by atomic mass is 10.1. The lowest BCUT2D eigenvalue weighted by molar-refractivity contribution is -0.126. The maximum absolute atomic E-state index is 13.1. The van der Waals surface area contributed by atoms with E-state index < -0.39 is 21.0 Å². The second-order valence-corrected chi connectivity index (χ2v) is 11.4. The van der Waals surface area contributed by atoms with Gasteiger partial charge in [0.1, 0.15) is 5.01 Å². The van der Waals surface area contributed by atoms with E-state index in [9.17, 15) is 18.0 Å². The molecular weight excluding hydrogens is 478 g/mol. The SMILES string of the molecule is COCCS(=O)(=O)C(C(=O)NCC(=O)NC1CC1)c1nc2cc(-c3cnnc(C)c3)ccc2s1. The second-order valence-electron chi connectivity index (χ2n) is 8.12. The summed E-state index contributed by atoms with van der Waals surface area (Å²) in [5.41, 5.74) is 3.04. The molecule has 2 heterocycles. The van der Waals surface area contributed by atoms with Crippen molar-refractivity contribution in [2.24, 2.45) is 0 Å². The molecule has 1 aromatic carbocycles. The van der Waals surface area contributed by atoms with Crippen molar-refractivity contribution in [2.45, 2.75) is 31.1 Å². The third-order valence-corrected chi connectivity index (χ3v) is 8.42. The quantitative estimate of drug-likeness (QED) is 0.425. The Kier molecular flexibility index (Phi) is 7.19. The fraction of sp³-hybridized carbons (Fsp3) is 0.409. The van der Waals surface area contributed by atoms with E-state index in [-0.39, 0.29) is 35.9 Å². The Morgan fingerprint density at radius 2 is 2.03 bits per heavy atom. The number of aryl methyl sites for hydroxylation is 1. The van der Waals surface area contributed by atoms with Gasteiger partial charge in [-0.3, -0.25) is 9.59 Å². The minimum absolute atomic E-state index is 0.0578. The smallest absolute Gasteiger partial charge is 0.245 e. The molecule has 180 valence electrons. The fourth-order valence-corrected chi connectivity index (χ4v) is 6.30. The number of fused-ring (bicyclic) bond motifs is 1. The van der Waals surface area contributed by atoms with Gasteiger partial charge < -0.3 is 15.4 Å². The van der Waals surface area contributed by atoms with Crippen molar-refractivity contribution >= 4 is 43.2 Å². The number of hydrogen-bond acceptors (Lipinski definition) is 9. The van der Waals surface area contributed by atoms with Crippen LogP contribution < -0.4 is 10.6 Å². The average Bonchev–Trinajstić information content (AvgIpc) is 3.51. The normalized spacial score (nSPS) is 14.6. The third-order valence-electron chi connectivity index (χ3n) is 5.27. The maximum Gasteiger partial charge on any atom is 0.245 e. The molecule has 0 spiro atoms. The lowest BCUT2D eigenvalue weighted by Crippen LogP contribution is -2.41. The van der Waals surface area contributed by atoms with Gasteiger partial charge >= 0.3 is 0 Å². The summed E-state index contributed by atoms with van der Waals surface area (Å²) in [6.45, 7) is 1.49. The lowest BCUT2D eigenvalue weighted by Gasteiger charge is -2.15. The van der Waals surface area contributed by atoms with Crippen molar-refractivity contribution in [1.82, 2.24) is 25.8 Å². The van der Waals surface area contributed by atoms with Crippen LogP contribution >= 0.6 is 11.3 Å². The predicted octanol–water partition coefficient (Wildman–Crippen LogP) is 1.56. The minimum atomic E-state index is -3.95. The number of thiazole rings is 1. The highest BCUT2D eigenvalue weighted by Crippen LogP contribution is 2.33. The number of carbonyl (C=O) groups excluding carboxylic acids is 2. The Labute approximate surface area is 201 Å². The van der Waals surface area contributed by atoms with Crippen molar-refractivity contribution in [3.8, 4) is 11.1 Å². The van der Waals surface area contributed by atoms with E-state index in [1.165, 1.54) is 7.11 Å². The van der Waals surface area contributed by atoms with Crippen LogP contribution in [0.25, 0.3) is 21.3 Å². The Morgan fingerprint density at radius 1 is 1.24 bits per heavy atom. The van der Waals surface area contributed by atoms with Crippen molar-refractivity contribution in [3.63, 3.8) is 0 Å². The van der Waals surface area contributed by atoms with Gasteiger partial charge in [0.05, 0.1) is 41.0 Å². The van der Waals surface area contributed by atoms with Gasteiger partial charge in [0, 0.05) is 18.7 Å². The molecule has 1 aliphatic rings. The molecule has 2 amide bonds. The zero-order valence-corrected chi connectivity index (χ0v) is 20.4. The molecule has 1 saturated carbocycles. The first-order valence-corrected chi connectivity index (χ1v) is 13.3. The third kappa shape index (κ3) is 5.75. The molecule has 1 atom stereocenters. The second kappa shape index (κ2) is 10.1. The first-order valence-electron chi connectivity index (χ1n) is 10.7. The molecule has 10 nitrogen and oxygen atoms in total. The molecule has 4 rings (SSSR count). The van der Waals surface area contributed by atoms with E-state index in [0.29, 0.717) is 5.52 Å². The van der Waals surface area contributed by atoms with Crippen LogP contribution in [0.2, 0.25) is 0 Å². The molecule has 34 heavy (non-hydrogen) atoms. The van der Waals surface area contributed by atoms with Gasteiger partial charge in [-0.25, -0.2) is 13.4 Å². The summed E-state index contributed by atoms with van der Waals surface area (Å²) in [5, 5.41) is 11.8. The largest absolute Gasteiger partial charge is 0.384 e. The van der Waals surface area contributed by atoms with Crippen molar-refractivity contribution in [1.29, 1.82) is 0 Å². The highest BCUT2D eigenvalue weighted by molar-refractivity contribution is 7.92. The van der Waals surface area contributed by atoms with Crippen molar-refractivity contribution in [2.75, 3.05) is 26.0 Å². The van der Waals surface area contributed by atoms with Crippen LogP contribution in [0.3, 0.4) is 0 Å². The Morgan fingerprint density at radius 3 is 2.74 bits per heavy atom. The van der Waals surface area contributed by atoms with Crippen LogP contribution in [0.1, 0.15) is 28.8 Å². The summed E-state index contributed by atoms with van der Waals surface area (Å²) in [7, 11) is -2.56. The summed E-state index contributed by atoms with van der Waals surface area (Å²) >= 11 is 1.14. The van der Waals surface area contributed by atoms with Crippen LogP contribution in [0.5, 0.6) is 0 Å². The molecule has 0 saturated heterocycles. The van der Waals surface area contributed by atoms with Gasteiger partial charge in [0.2, 0.25) is 11.8 Å². The molecule has 1 unspecified atom stereocenters. The van der Waals surface area contributed by atoms with Crippen LogP contribution in [0.15, 0.2) is 30.5 Å². The number of sulfone groups is 1. The van der Waals surface area contributed by atoms with E-state index in [1.807, 2.05) is 31.2 Å². The number of rotatable bonds is 10. The molecular formula is C22H25N5O5S2. The number of methoxy groups -OCH3 is 1. The molecule has 1 aliphatic carbocycles. The molecule has 3 aromatic rings. The zero-order valence-electron chi connectivity index (χ0n) is 18.8. The average molecular weight is 504 g/mol. The minimum Gasteiger partial charge on any atom is -0.384 e. The summed E-state index contributed by atoms with van der Waals surface area (Å²) in [6.07, 6.45) is 3.46. The van der Waals surface area contributed by atoms with E-state index in [4.69, 9.17) is 4.74 Å². The highest BCUT2D eigenvalue weighted by atomic mass is 32.2. The Balaban J connectivity index is 1.63. The Bertz CT molecular complexity index is 1320. The summed E-state index contributed by atoms with van der Waals surface area (Å²) in [6, 6.07) is 7.58. The number of nitrogens with one attached hydrogen (secondary N) is 2. The molecule has 12 heteroatoms. The van der Waals surface area contributed by atoms with Gasteiger partial charge in [-0.1, -0.05) is 6.07 Å². The van der Waals surface area contributed by atoms with Crippen LogP contribution in [0.4, 0.5) is 0 Å². The van der Waals surface area contributed by atoms with E-state index in [1.54, 1.807) is 6.20 Å². The van der Waals surface area contributed by atoms with E-state index in [0.717, 1.165) is 45.7 Å². The number of aromatic nitrogens is 3. The number of carbonyl (C=O) groups is 2. The number of hydrogen-bond donors (Lipinski definition) is 2. The molecule has 0 aliphatic heterocycles. The van der Waals surface area contributed by atoms with Gasteiger partial charge in [-0.2, -0.15) is 10.2 Å². The van der Waals surface area contributed by atoms with Crippen LogP contribution in [-0.4, -0.2) is 67.5 Å². The number of ether oxygens (including phenoxy) is 1. The summed E-state index contributed by atoms with van der Waals surface area (Å²) in [4.78, 5) is 29.5. The fourth-order valence-electron chi connectivity index (χ4n) is 3.38. The summed E-state index contributed by atoms with van der Waals surface area (Å²) < 4.78 is 31.8. The van der Waals surface area contributed by atoms with Crippen molar-refractivity contribution in [3.05, 3.63) is 41.2 Å². The van der Waals surface area contributed by atoms with Gasteiger partial charge in [-0.05, 0) is 43.5 Å². The van der Waals surface area contributed by atoms with Crippen LogP contribution in [-0.2, 0) is 24.2 Å². The standard InChI is InChI=1S/C22H25N5O5S2/c1-13-9-15(11-24-27-13)14-3-6-18-17(10-14)26-22(33-18)20(34(30,31)8-7-32-2)21(29)23-12-19(28)25-16-4-5-16/h3,6,9-11,16,20H,4-5,7-8,12H2,1-2H3,(H,23,29)(H,25,28). The topological polar surface area (TPSA) is 140 Å². The zero-order chi connectivity index (χ0) is 24.3. The predicted molar refractivity (Wildman–Crippen MR) is 128 cm³/mol. The number of benzene rings is 1. The monoisotopic (exact) mass is 503 g/mol. The summed E-state index contributed by atoms with van der Waals surface area (Å²) in [5.74, 6) is -1.48. The van der Waals surface area contributed by atoms with Crippen LogP contribution in [0, 0.1) is 6.92 Å². The molecule has 0 radical (unpaired) electrons. The number of amides is 2. The highest BCUT2D eigenvalue weighted by Gasteiger charge is 2.37. The first-order chi connectivity index (χ1) is 16.3. The Hall–Kier alpha value is -2.96. The van der Waals surface area contributed by atoms with Gasteiger partial charge in [0.25, 0.3) is 0 Å². The van der Waals surface area contributed by atoms with Gasteiger partial charge in [-0.15, -0.1) is 11.3 Å². The van der Waals surface area contributed by atoms with E-state index in [2.05, 4.69) is 25.8 Å². The van der Waals surface area contributed by atoms with Gasteiger partial charge in [0.15, 0.2) is 15.1 Å². The molecule has 0 bridgehead atoms. The molecule has 1 fully saturated rings. The van der Waals surface area contributed by atoms with E-state index >= 15 is 0 Å². The van der Waals surface area contributed by atoms with Crippen molar-refractivity contribution < 1.29 is 22.7 Å². The first kappa shape index (κ1) is 24.2.